The molecule has 0 radical (unpaired) electrons. The molecule has 1 aromatic heterocycles. The Kier molecular flexibility index (Phi) is 2.95. The second-order valence-corrected chi connectivity index (χ2v) is 4.09. The number of aromatic nitrogens is 2. The van der Waals surface area contributed by atoms with Gasteiger partial charge < -0.3 is 10.5 Å². The molecule has 4 nitrogen and oxygen atoms in total. The van der Waals surface area contributed by atoms with Crippen molar-refractivity contribution in [2.75, 3.05) is 5.73 Å². The molecule has 4 heteroatoms. The van der Waals surface area contributed by atoms with E-state index in [1.54, 1.807) is 6.07 Å². The molecule has 1 heterocycles. The van der Waals surface area contributed by atoms with Crippen molar-refractivity contribution in [3.05, 3.63) is 41.1 Å². The number of nitrogens with zero attached hydrogens (tertiary/aromatic N) is 2. The maximum absolute atomic E-state index is 5.82. The van der Waals surface area contributed by atoms with Gasteiger partial charge in [-0.3, -0.25) is 0 Å². The van der Waals surface area contributed by atoms with E-state index in [9.17, 15) is 0 Å². The monoisotopic (exact) mass is 229 g/mol. The molecule has 0 aliphatic heterocycles. The molecular formula is C13H15N3O. The van der Waals surface area contributed by atoms with E-state index in [-0.39, 0.29) is 0 Å². The summed E-state index contributed by atoms with van der Waals surface area (Å²) >= 11 is 0. The molecule has 2 rings (SSSR count). The molecule has 0 fully saturated rings. The predicted octanol–water partition coefficient (Wildman–Crippen LogP) is 2.78. The number of hydrogen-bond acceptors (Lipinski definition) is 4. The molecule has 1 aromatic carbocycles. The summed E-state index contributed by atoms with van der Waals surface area (Å²) in [5.74, 6) is 1.25. The lowest BCUT2D eigenvalue weighted by Crippen LogP contribution is -1.96. The molecule has 17 heavy (non-hydrogen) atoms. The van der Waals surface area contributed by atoms with Crippen molar-refractivity contribution in [2.45, 2.75) is 20.8 Å². The lowest BCUT2D eigenvalue weighted by molar-refractivity contribution is 0.451. The van der Waals surface area contributed by atoms with Gasteiger partial charge in [0.2, 0.25) is 5.88 Å². The van der Waals surface area contributed by atoms with Gasteiger partial charge in [0.25, 0.3) is 0 Å². The summed E-state index contributed by atoms with van der Waals surface area (Å²) in [6, 6.07) is 7.47. The van der Waals surface area contributed by atoms with Crippen molar-refractivity contribution in [1.29, 1.82) is 0 Å². The van der Waals surface area contributed by atoms with Crippen LogP contribution in [-0.2, 0) is 0 Å². The zero-order valence-corrected chi connectivity index (χ0v) is 10.2. The van der Waals surface area contributed by atoms with Gasteiger partial charge in [-0.25, -0.2) is 0 Å². The van der Waals surface area contributed by atoms with Gasteiger partial charge in [-0.15, -0.1) is 5.10 Å². The van der Waals surface area contributed by atoms with Crippen molar-refractivity contribution in [1.82, 2.24) is 10.2 Å². The van der Waals surface area contributed by atoms with E-state index in [1.807, 2.05) is 39.0 Å². The number of nitrogens with two attached hydrogens (primary N) is 1. The predicted molar refractivity (Wildman–Crippen MR) is 67.2 cm³/mol. The Balaban J connectivity index is 2.30. The van der Waals surface area contributed by atoms with Gasteiger partial charge in [0.15, 0.2) is 0 Å². The first kappa shape index (κ1) is 11.4. The van der Waals surface area contributed by atoms with Crippen LogP contribution in [0.15, 0.2) is 24.3 Å². The minimum Gasteiger partial charge on any atom is -0.437 e. The minimum atomic E-state index is 0.489. The molecule has 0 atom stereocenters. The average Bonchev–Trinajstić information content (AvgIpc) is 2.29. The van der Waals surface area contributed by atoms with E-state index < -0.39 is 0 Å². The maximum atomic E-state index is 5.82. The van der Waals surface area contributed by atoms with Crippen LogP contribution in [0.5, 0.6) is 11.6 Å². The van der Waals surface area contributed by atoms with Gasteiger partial charge in [0, 0.05) is 11.8 Å². The largest absolute Gasteiger partial charge is 0.437 e. The summed E-state index contributed by atoms with van der Waals surface area (Å²) < 4.78 is 5.67. The van der Waals surface area contributed by atoms with E-state index in [0.717, 1.165) is 28.3 Å². The molecule has 0 spiro atoms. The summed E-state index contributed by atoms with van der Waals surface area (Å²) in [7, 11) is 0. The van der Waals surface area contributed by atoms with Crippen LogP contribution in [0.1, 0.15) is 16.8 Å². The zero-order chi connectivity index (χ0) is 12.4. The SMILES string of the molecule is Cc1ccc(Oc2cc(C)c(N)cc2C)nn1. The fourth-order valence-electron chi connectivity index (χ4n) is 1.48. The maximum Gasteiger partial charge on any atom is 0.238 e. The fraction of sp³-hybridized carbons (Fsp3) is 0.231. The molecule has 0 unspecified atom stereocenters. The average molecular weight is 229 g/mol. The number of ether oxygens (including phenoxy) is 1. The van der Waals surface area contributed by atoms with Crippen molar-refractivity contribution in [3.63, 3.8) is 0 Å². The van der Waals surface area contributed by atoms with E-state index in [1.165, 1.54) is 0 Å². The molecule has 0 saturated carbocycles. The lowest BCUT2D eigenvalue weighted by atomic mass is 10.1. The van der Waals surface area contributed by atoms with Crippen LogP contribution >= 0.6 is 0 Å². The van der Waals surface area contributed by atoms with Crippen molar-refractivity contribution < 1.29 is 4.74 Å². The van der Waals surface area contributed by atoms with Gasteiger partial charge in [0.1, 0.15) is 5.75 Å². The van der Waals surface area contributed by atoms with Crippen molar-refractivity contribution >= 4 is 5.69 Å². The first-order chi connectivity index (χ1) is 8.06. The number of anilines is 1. The van der Waals surface area contributed by atoms with E-state index >= 15 is 0 Å². The van der Waals surface area contributed by atoms with Crippen LogP contribution in [-0.4, -0.2) is 10.2 Å². The first-order valence-electron chi connectivity index (χ1n) is 5.41. The summed E-state index contributed by atoms with van der Waals surface area (Å²) in [6.07, 6.45) is 0. The van der Waals surface area contributed by atoms with Crippen LogP contribution in [0.4, 0.5) is 5.69 Å². The number of aryl methyl sites for hydroxylation is 3. The molecule has 2 N–H and O–H groups in total. The van der Waals surface area contributed by atoms with Gasteiger partial charge >= 0.3 is 0 Å². The highest BCUT2D eigenvalue weighted by Gasteiger charge is 2.05. The van der Waals surface area contributed by atoms with E-state index in [2.05, 4.69) is 10.2 Å². The number of benzene rings is 1. The molecule has 0 aliphatic rings. The highest BCUT2D eigenvalue weighted by atomic mass is 16.5. The smallest absolute Gasteiger partial charge is 0.238 e. The Morgan fingerprint density at radius 3 is 2.41 bits per heavy atom. The van der Waals surface area contributed by atoms with Gasteiger partial charge in [0.05, 0.1) is 5.69 Å². The second-order valence-electron chi connectivity index (χ2n) is 4.09. The Morgan fingerprint density at radius 1 is 1.00 bits per heavy atom. The molecule has 2 aromatic rings. The van der Waals surface area contributed by atoms with Crippen LogP contribution in [0.3, 0.4) is 0 Å². The number of nitrogen functional groups attached to an aromatic ring is 1. The van der Waals surface area contributed by atoms with Crippen molar-refractivity contribution in [2.24, 2.45) is 0 Å². The molecular weight excluding hydrogens is 214 g/mol. The normalized spacial score (nSPS) is 10.3. The quantitative estimate of drug-likeness (QED) is 0.804. The summed E-state index contributed by atoms with van der Waals surface area (Å²) in [6.45, 7) is 5.78. The second kappa shape index (κ2) is 4.41. The standard InChI is InChI=1S/C13H15N3O/c1-8-7-12(9(2)6-11(8)14)17-13-5-4-10(3)15-16-13/h4-7H,14H2,1-3H3. The van der Waals surface area contributed by atoms with Gasteiger partial charge in [-0.2, -0.15) is 5.10 Å². The third kappa shape index (κ3) is 2.53. The van der Waals surface area contributed by atoms with Crippen LogP contribution in [0, 0.1) is 20.8 Å². The Labute approximate surface area is 100 Å². The van der Waals surface area contributed by atoms with E-state index in [4.69, 9.17) is 10.5 Å². The molecule has 0 saturated heterocycles. The molecule has 88 valence electrons. The topological polar surface area (TPSA) is 61.0 Å². The highest BCUT2D eigenvalue weighted by molar-refractivity contribution is 5.54. The summed E-state index contributed by atoms with van der Waals surface area (Å²) in [5, 5.41) is 7.91. The fourth-order valence-corrected chi connectivity index (χ4v) is 1.48. The molecule has 0 amide bonds. The van der Waals surface area contributed by atoms with Crippen LogP contribution < -0.4 is 10.5 Å². The number of hydrogen-bond donors (Lipinski definition) is 1. The molecule has 0 aliphatic carbocycles. The van der Waals surface area contributed by atoms with Gasteiger partial charge in [-0.1, -0.05) is 0 Å². The molecule has 0 bridgehead atoms. The highest BCUT2D eigenvalue weighted by Crippen LogP contribution is 2.27. The zero-order valence-electron chi connectivity index (χ0n) is 10.2. The van der Waals surface area contributed by atoms with Crippen LogP contribution in [0.25, 0.3) is 0 Å². The first-order valence-corrected chi connectivity index (χ1v) is 5.41. The third-order valence-corrected chi connectivity index (χ3v) is 2.55. The lowest BCUT2D eigenvalue weighted by Gasteiger charge is -2.10. The van der Waals surface area contributed by atoms with Crippen LogP contribution in [0.2, 0.25) is 0 Å². The Bertz CT molecular complexity index is 535. The Morgan fingerprint density at radius 2 is 1.76 bits per heavy atom. The number of rotatable bonds is 2. The van der Waals surface area contributed by atoms with Gasteiger partial charge in [-0.05, 0) is 50.1 Å². The Hall–Kier alpha value is -2.10. The van der Waals surface area contributed by atoms with Crippen molar-refractivity contribution in [3.8, 4) is 11.6 Å². The summed E-state index contributed by atoms with van der Waals surface area (Å²) in [5.41, 5.74) is 9.42. The summed E-state index contributed by atoms with van der Waals surface area (Å²) in [4.78, 5) is 0. The third-order valence-electron chi connectivity index (χ3n) is 2.55. The van der Waals surface area contributed by atoms with E-state index in [0.29, 0.717) is 5.88 Å². The minimum absolute atomic E-state index is 0.489.